The molecular weight excluding hydrogens is 274 g/mol. The van der Waals surface area contributed by atoms with Crippen molar-refractivity contribution >= 4 is 11.6 Å². The summed E-state index contributed by atoms with van der Waals surface area (Å²) in [5.74, 6) is -0.353. The van der Waals surface area contributed by atoms with Crippen LogP contribution in [-0.4, -0.2) is 23.9 Å². The van der Waals surface area contributed by atoms with Gasteiger partial charge in [-0.1, -0.05) is 26.0 Å². The molecular formula is C18H25N3O. The summed E-state index contributed by atoms with van der Waals surface area (Å²) >= 11 is 0. The van der Waals surface area contributed by atoms with E-state index in [0.29, 0.717) is 0 Å². The third kappa shape index (κ3) is 4.92. The number of hydrogen-bond acceptors (Lipinski definition) is 3. The van der Waals surface area contributed by atoms with Crippen molar-refractivity contribution in [1.82, 2.24) is 4.90 Å². The number of hydrogen-bond donors (Lipinski definition) is 1. The van der Waals surface area contributed by atoms with Gasteiger partial charge in [0.25, 0.3) is 5.91 Å². The first-order chi connectivity index (χ1) is 10.5. The van der Waals surface area contributed by atoms with Gasteiger partial charge in [-0.2, -0.15) is 5.26 Å². The lowest BCUT2D eigenvalue weighted by Gasteiger charge is -2.19. The molecule has 1 aromatic rings. The highest BCUT2D eigenvalue weighted by atomic mass is 16.1. The van der Waals surface area contributed by atoms with Gasteiger partial charge in [0.15, 0.2) is 0 Å². The van der Waals surface area contributed by atoms with Gasteiger partial charge in [0.2, 0.25) is 0 Å². The van der Waals surface area contributed by atoms with Gasteiger partial charge in [-0.25, -0.2) is 0 Å². The van der Waals surface area contributed by atoms with Crippen LogP contribution in [0.25, 0.3) is 0 Å². The predicted molar refractivity (Wildman–Crippen MR) is 90.4 cm³/mol. The first kappa shape index (κ1) is 17.8. The summed E-state index contributed by atoms with van der Waals surface area (Å²) < 4.78 is 0. The molecule has 4 heteroatoms. The number of amides is 1. The molecule has 1 aromatic carbocycles. The molecule has 0 aliphatic carbocycles. The molecule has 4 nitrogen and oxygen atoms in total. The average Bonchev–Trinajstić information content (AvgIpc) is 2.49. The second-order valence-electron chi connectivity index (χ2n) is 5.39. The molecule has 0 bridgehead atoms. The molecule has 0 heterocycles. The molecule has 0 saturated carbocycles. The first-order valence-corrected chi connectivity index (χ1v) is 7.77. The monoisotopic (exact) mass is 299 g/mol. The zero-order chi connectivity index (χ0) is 16.5. The van der Waals surface area contributed by atoms with Crippen molar-refractivity contribution in [3.8, 4) is 6.07 Å². The van der Waals surface area contributed by atoms with E-state index in [1.165, 1.54) is 0 Å². The van der Waals surface area contributed by atoms with Crippen LogP contribution < -0.4 is 5.32 Å². The number of rotatable bonds is 7. The lowest BCUT2D eigenvalue weighted by molar-refractivity contribution is -0.112. The maximum Gasteiger partial charge on any atom is 0.267 e. The molecule has 0 atom stereocenters. The Morgan fingerprint density at radius 2 is 1.91 bits per heavy atom. The smallest absolute Gasteiger partial charge is 0.267 e. The summed E-state index contributed by atoms with van der Waals surface area (Å²) in [6.07, 6.45) is 3.63. The minimum Gasteiger partial charge on any atom is -0.376 e. The van der Waals surface area contributed by atoms with Crippen molar-refractivity contribution in [2.75, 3.05) is 18.4 Å². The SMILES string of the molecule is CCCN(/C=C(/C#N)C(=O)Nc1cccc(C)c1C)CCC. The lowest BCUT2D eigenvalue weighted by atomic mass is 10.1. The largest absolute Gasteiger partial charge is 0.376 e. The molecule has 1 amide bonds. The number of anilines is 1. The van der Waals surface area contributed by atoms with Crippen LogP contribution in [0.15, 0.2) is 30.0 Å². The van der Waals surface area contributed by atoms with Crippen LogP contribution >= 0.6 is 0 Å². The fourth-order valence-corrected chi connectivity index (χ4v) is 2.21. The molecule has 22 heavy (non-hydrogen) atoms. The first-order valence-electron chi connectivity index (χ1n) is 7.77. The summed E-state index contributed by atoms with van der Waals surface area (Å²) in [5.41, 5.74) is 3.03. The van der Waals surface area contributed by atoms with E-state index < -0.39 is 0 Å². The van der Waals surface area contributed by atoms with Gasteiger partial charge in [0.05, 0.1) is 0 Å². The van der Waals surface area contributed by atoms with Gasteiger partial charge in [0, 0.05) is 25.0 Å². The minimum atomic E-state index is -0.353. The van der Waals surface area contributed by atoms with Crippen LogP contribution in [0.1, 0.15) is 37.8 Å². The number of carbonyl (C=O) groups is 1. The molecule has 1 N–H and O–H groups in total. The Hall–Kier alpha value is -2.28. The Morgan fingerprint density at radius 1 is 1.27 bits per heavy atom. The number of nitrogens with one attached hydrogen (secondary N) is 1. The van der Waals surface area contributed by atoms with Crippen LogP contribution in [0.2, 0.25) is 0 Å². The van der Waals surface area contributed by atoms with E-state index in [4.69, 9.17) is 0 Å². The summed E-state index contributed by atoms with van der Waals surface area (Å²) in [5, 5.41) is 12.1. The van der Waals surface area contributed by atoms with Gasteiger partial charge < -0.3 is 10.2 Å². The van der Waals surface area contributed by atoms with Crippen LogP contribution in [0.3, 0.4) is 0 Å². The number of nitriles is 1. The van der Waals surface area contributed by atoms with Crippen LogP contribution in [0, 0.1) is 25.2 Å². The quantitative estimate of drug-likeness (QED) is 0.616. The summed E-state index contributed by atoms with van der Waals surface area (Å²) in [7, 11) is 0. The van der Waals surface area contributed by atoms with Gasteiger partial charge in [0.1, 0.15) is 11.6 Å². The normalized spacial score (nSPS) is 11.0. The van der Waals surface area contributed by atoms with E-state index in [1.54, 1.807) is 6.20 Å². The topological polar surface area (TPSA) is 56.1 Å². The lowest BCUT2D eigenvalue weighted by Crippen LogP contribution is -2.23. The Morgan fingerprint density at radius 3 is 2.45 bits per heavy atom. The fraction of sp³-hybridized carbons (Fsp3) is 0.444. The van der Waals surface area contributed by atoms with E-state index in [9.17, 15) is 10.1 Å². The van der Waals surface area contributed by atoms with Crippen LogP contribution in [0.5, 0.6) is 0 Å². The fourth-order valence-electron chi connectivity index (χ4n) is 2.21. The van der Waals surface area contributed by atoms with Gasteiger partial charge in [-0.05, 0) is 43.9 Å². The average molecular weight is 299 g/mol. The standard InChI is InChI=1S/C18H25N3O/c1-5-10-21(11-6-2)13-16(12-19)18(22)20-17-9-7-8-14(3)15(17)4/h7-9,13H,5-6,10-11H2,1-4H3,(H,20,22)/b16-13-. The number of aryl methyl sites for hydroxylation is 1. The summed E-state index contributed by atoms with van der Waals surface area (Å²) in [6, 6.07) is 7.76. The number of nitrogens with zero attached hydrogens (tertiary/aromatic N) is 2. The van der Waals surface area contributed by atoms with Gasteiger partial charge in [-0.3, -0.25) is 4.79 Å². The van der Waals surface area contributed by atoms with E-state index in [2.05, 4.69) is 19.2 Å². The third-order valence-corrected chi connectivity index (χ3v) is 3.55. The van der Waals surface area contributed by atoms with Crippen molar-refractivity contribution in [1.29, 1.82) is 5.26 Å². The highest BCUT2D eigenvalue weighted by Crippen LogP contribution is 2.18. The molecule has 0 aliphatic rings. The van der Waals surface area contributed by atoms with Crippen molar-refractivity contribution in [2.45, 2.75) is 40.5 Å². The zero-order valence-corrected chi connectivity index (χ0v) is 13.9. The molecule has 0 unspecified atom stereocenters. The van der Waals surface area contributed by atoms with Crippen molar-refractivity contribution in [3.05, 3.63) is 41.1 Å². The summed E-state index contributed by atoms with van der Waals surface area (Å²) in [4.78, 5) is 14.4. The Kier molecular flexibility index (Phi) is 7.18. The molecule has 0 spiro atoms. The van der Waals surface area contributed by atoms with E-state index in [1.807, 2.05) is 43.0 Å². The zero-order valence-electron chi connectivity index (χ0n) is 13.9. The molecule has 0 aliphatic heterocycles. The summed E-state index contributed by atoms with van der Waals surface area (Å²) in [6.45, 7) is 9.81. The van der Waals surface area contributed by atoms with E-state index in [-0.39, 0.29) is 11.5 Å². The molecule has 0 fully saturated rings. The minimum absolute atomic E-state index is 0.141. The number of carbonyl (C=O) groups excluding carboxylic acids is 1. The third-order valence-electron chi connectivity index (χ3n) is 3.55. The Balaban J connectivity index is 2.92. The maximum atomic E-state index is 12.3. The maximum absolute atomic E-state index is 12.3. The number of benzene rings is 1. The molecule has 0 saturated heterocycles. The van der Waals surface area contributed by atoms with E-state index >= 15 is 0 Å². The highest BCUT2D eigenvalue weighted by molar-refractivity contribution is 6.06. The Labute approximate surface area is 133 Å². The second-order valence-corrected chi connectivity index (χ2v) is 5.39. The van der Waals surface area contributed by atoms with E-state index in [0.717, 1.165) is 42.7 Å². The molecule has 1 rings (SSSR count). The van der Waals surface area contributed by atoms with Gasteiger partial charge in [-0.15, -0.1) is 0 Å². The molecule has 0 aromatic heterocycles. The second kappa shape index (κ2) is 8.89. The van der Waals surface area contributed by atoms with Gasteiger partial charge >= 0.3 is 0 Å². The van der Waals surface area contributed by atoms with Crippen molar-refractivity contribution in [3.63, 3.8) is 0 Å². The van der Waals surface area contributed by atoms with Crippen LogP contribution in [0.4, 0.5) is 5.69 Å². The molecule has 118 valence electrons. The van der Waals surface area contributed by atoms with Crippen LogP contribution in [-0.2, 0) is 4.79 Å². The predicted octanol–water partition coefficient (Wildman–Crippen LogP) is 3.77. The Bertz CT molecular complexity index is 578. The molecule has 0 radical (unpaired) electrons. The highest BCUT2D eigenvalue weighted by Gasteiger charge is 2.12. The van der Waals surface area contributed by atoms with Crippen molar-refractivity contribution < 1.29 is 4.79 Å². The van der Waals surface area contributed by atoms with Crippen molar-refractivity contribution in [2.24, 2.45) is 0 Å².